The lowest BCUT2D eigenvalue weighted by molar-refractivity contribution is -0.122. The van der Waals surface area contributed by atoms with Crippen molar-refractivity contribution in [1.82, 2.24) is 20.4 Å². The second-order valence-electron chi connectivity index (χ2n) is 7.14. The van der Waals surface area contributed by atoms with E-state index in [0.717, 1.165) is 51.5 Å². The first kappa shape index (κ1) is 19.4. The van der Waals surface area contributed by atoms with Crippen molar-refractivity contribution in [2.24, 2.45) is 10.9 Å². The highest BCUT2D eigenvalue weighted by Crippen LogP contribution is 2.28. The maximum absolute atomic E-state index is 11.6. The molecule has 0 bridgehead atoms. The zero-order valence-corrected chi connectivity index (χ0v) is 16.2. The van der Waals surface area contributed by atoms with Gasteiger partial charge >= 0.3 is 0 Å². The van der Waals surface area contributed by atoms with E-state index in [0.29, 0.717) is 13.1 Å². The van der Waals surface area contributed by atoms with E-state index in [1.54, 1.807) is 0 Å². The van der Waals surface area contributed by atoms with Crippen LogP contribution in [0.15, 0.2) is 41.4 Å². The fourth-order valence-corrected chi connectivity index (χ4v) is 3.23. The number of piperazine rings is 1. The van der Waals surface area contributed by atoms with Crippen LogP contribution in [0.1, 0.15) is 18.4 Å². The van der Waals surface area contributed by atoms with Gasteiger partial charge in [0.15, 0.2) is 5.96 Å². The summed E-state index contributed by atoms with van der Waals surface area (Å²) in [5.74, 6) is 1.40. The van der Waals surface area contributed by atoms with E-state index >= 15 is 0 Å². The molecule has 6 nitrogen and oxygen atoms in total. The molecule has 1 aliphatic carbocycles. The fraction of sp³-hybridized carbons (Fsp3) is 0.524. The van der Waals surface area contributed by atoms with E-state index in [2.05, 4.69) is 61.8 Å². The Bertz CT molecular complexity index is 646. The minimum absolute atomic E-state index is 0.198. The van der Waals surface area contributed by atoms with Crippen LogP contribution in [0.5, 0.6) is 0 Å². The molecule has 27 heavy (non-hydrogen) atoms. The van der Waals surface area contributed by atoms with Crippen LogP contribution in [0.4, 0.5) is 0 Å². The van der Waals surface area contributed by atoms with Gasteiger partial charge in [0.2, 0.25) is 5.91 Å². The molecule has 0 unspecified atom stereocenters. The number of hydrogen-bond donors (Lipinski definition) is 2. The largest absolute Gasteiger partial charge is 0.354 e. The van der Waals surface area contributed by atoms with Crippen molar-refractivity contribution in [2.75, 3.05) is 52.9 Å². The van der Waals surface area contributed by atoms with Gasteiger partial charge in [0.1, 0.15) is 0 Å². The third-order valence-corrected chi connectivity index (χ3v) is 5.01. The first-order valence-electron chi connectivity index (χ1n) is 9.93. The Balaban J connectivity index is 1.33. The molecule has 1 saturated heterocycles. The highest BCUT2D eigenvalue weighted by molar-refractivity contribution is 5.81. The zero-order chi connectivity index (χ0) is 18.9. The van der Waals surface area contributed by atoms with Gasteiger partial charge in [0.25, 0.3) is 0 Å². The molecule has 2 fully saturated rings. The minimum atomic E-state index is 0.198. The molecule has 0 radical (unpaired) electrons. The summed E-state index contributed by atoms with van der Waals surface area (Å²) in [6.45, 7) is 6.32. The average molecular weight is 370 g/mol. The quantitative estimate of drug-likeness (QED) is 0.434. The molecule has 0 spiro atoms. The average Bonchev–Trinajstić information content (AvgIpc) is 3.55. The van der Waals surface area contributed by atoms with Gasteiger partial charge in [0, 0.05) is 58.8 Å². The maximum Gasteiger partial charge on any atom is 0.223 e. The predicted molar refractivity (Wildman–Crippen MR) is 111 cm³/mol. The van der Waals surface area contributed by atoms with E-state index in [9.17, 15) is 4.79 Å². The number of nitrogens with one attached hydrogen (secondary N) is 2. The van der Waals surface area contributed by atoms with E-state index in [4.69, 9.17) is 0 Å². The Morgan fingerprint density at radius 3 is 2.48 bits per heavy atom. The molecule has 146 valence electrons. The summed E-state index contributed by atoms with van der Waals surface area (Å²) >= 11 is 0. The second-order valence-corrected chi connectivity index (χ2v) is 7.14. The molecule has 1 aromatic rings. The molecular formula is C21H31N5O. The van der Waals surface area contributed by atoms with Crippen LogP contribution in [0.3, 0.4) is 0 Å². The van der Waals surface area contributed by atoms with Gasteiger partial charge in [0.05, 0.1) is 0 Å². The number of benzene rings is 1. The number of hydrogen-bond acceptors (Lipinski definition) is 3. The van der Waals surface area contributed by atoms with E-state index < -0.39 is 0 Å². The molecule has 3 rings (SSSR count). The van der Waals surface area contributed by atoms with Crippen LogP contribution in [-0.2, 0) is 4.79 Å². The maximum atomic E-state index is 11.6. The number of aliphatic imine (C=N–C) groups is 1. The van der Waals surface area contributed by atoms with E-state index in [-0.39, 0.29) is 11.8 Å². The first-order valence-corrected chi connectivity index (χ1v) is 9.93. The van der Waals surface area contributed by atoms with Gasteiger partial charge in [-0.3, -0.25) is 14.7 Å². The van der Waals surface area contributed by atoms with Gasteiger partial charge in [-0.25, -0.2) is 0 Å². The Morgan fingerprint density at radius 1 is 1.11 bits per heavy atom. The van der Waals surface area contributed by atoms with Gasteiger partial charge in [-0.2, -0.15) is 0 Å². The van der Waals surface area contributed by atoms with Crippen LogP contribution in [0.2, 0.25) is 0 Å². The van der Waals surface area contributed by atoms with Crippen LogP contribution in [-0.4, -0.2) is 74.5 Å². The number of amides is 1. The van der Waals surface area contributed by atoms with Crippen molar-refractivity contribution in [3.63, 3.8) is 0 Å². The molecule has 0 aromatic heterocycles. The summed E-state index contributed by atoms with van der Waals surface area (Å²) in [6, 6.07) is 10.4. The third kappa shape index (κ3) is 6.40. The summed E-state index contributed by atoms with van der Waals surface area (Å²) in [5.41, 5.74) is 1.24. The van der Waals surface area contributed by atoms with Crippen molar-refractivity contribution < 1.29 is 4.79 Å². The Hall–Kier alpha value is -2.34. The topological polar surface area (TPSA) is 60.0 Å². The summed E-state index contributed by atoms with van der Waals surface area (Å²) in [7, 11) is 1.82. The minimum Gasteiger partial charge on any atom is -0.354 e. The Labute approximate surface area is 162 Å². The van der Waals surface area contributed by atoms with Gasteiger partial charge < -0.3 is 15.5 Å². The first-order chi connectivity index (χ1) is 13.3. The Morgan fingerprint density at radius 2 is 1.81 bits per heavy atom. The molecule has 1 aromatic carbocycles. The number of carbonyl (C=O) groups is 1. The van der Waals surface area contributed by atoms with Gasteiger partial charge in [-0.05, 0) is 18.4 Å². The normalized spacial score (nSPS) is 18.7. The number of guanidine groups is 1. The Kier molecular flexibility index (Phi) is 7.27. The van der Waals surface area contributed by atoms with Crippen molar-refractivity contribution in [3.05, 3.63) is 42.0 Å². The molecular weight excluding hydrogens is 338 g/mol. The standard InChI is InChI=1S/C21H31N5O/c1-22-21(24-12-11-23-20(27)19-9-10-19)26-16-14-25(15-17-26)13-5-8-18-6-3-2-4-7-18/h2-8,19H,9-17H2,1H3,(H,22,24)(H,23,27)/b8-5+. The summed E-state index contributed by atoms with van der Waals surface area (Å²) < 4.78 is 0. The lowest BCUT2D eigenvalue weighted by atomic mass is 10.2. The van der Waals surface area contributed by atoms with Crippen LogP contribution in [0, 0.1) is 5.92 Å². The van der Waals surface area contributed by atoms with E-state index in [1.165, 1.54) is 5.56 Å². The van der Waals surface area contributed by atoms with Gasteiger partial charge in [-0.15, -0.1) is 0 Å². The lowest BCUT2D eigenvalue weighted by Crippen LogP contribution is -2.53. The smallest absolute Gasteiger partial charge is 0.223 e. The molecule has 2 aliphatic rings. The van der Waals surface area contributed by atoms with Crippen molar-refractivity contribution >= 4 is 17.9 Å². The van der Waals surface area contributed by atoms with Crippen LogP contribution >= 0.6 is 0 Å². The molecule has 1 saturated carbocycles. The number of carbonyl (C=O) groups excluding carboxylic acids is 1. The second kappa shape index (κ2) is 10.1. The fourth-order valence-electron chi connectivity index (χ4n) is 3.23. The third-order valence-electron chi connectivity index (χ3n) is 5.01. The predicted octanol–water partition coefficient (Wildman–Crippen LogP) is 1.42. The number of nitrogens with zero attached hydrogens (tertiary/aromatic N) is 3. The summed E-state index contributed by atoms with van der Waals surface area (Å²) in [5, 5.41) is 6.34. The lowest BCUT2D eigenvalue weighted by Gasteiger charge is -2.36. The van der Waals surface area contributed by atoms with Gasteiger partial charge in [-0.1, -0.05) is 42.5 Å². The summed E-state index contributed by atoms with van der Waals surface area (Å²) in [6.07, 6.45) is 6.51. The molecule has 0 atom stereocenters. The van der Waals surface area contributed by atoms with Crippen molar-refractivity contribution in [1.29, 1.82) is 0 Å². The van der Waals surface area contributed by atoms with Crippen molar-refractivity contribution in [3.8, 4) is 0 Å². The summed E-state index contributed by atoms with van der Waals surface area (Å²) in [4.78, 5) is 20.8. The molecule has 1 heterocycles. The molecule has 1 aliphatic heterocycles. The number of rotatable bonds is 7. The van der Waals surface area contributed by atoms with Crippen LogP contribution < -0.4 is 10.6 Å². The van der Waals surface area contributed by atoms with E-state index in [1.807, 2.05) is 13.1 Å². The monoisotopic (exact) mass is 369 g/mol. The SMILES string of the molecule is CN=C(NCCNC(=O)C1CC1)N1CCN(C/C=C/c2ccccc2)CC1. The molecule has 1 amide bonds. The van der Waals surface area contributed by atoms with Crippen LogP contribution in [0.25, 0.3) is 6.08 Å². The molecule has 6 heteroatoms. The zero-order valence-electron chi connectivity index (χ0n) is 16.2. The van der Waals surface area contributed by atoms with Crippen molar-refractivity contribution in [2.45, 2.75) is 12.8 Å². The highest BCUT2D eigenvalue weighted by Gasteiger charge is 2.29. The molecule has 2 N–H and O–H groups in total. The highest BCUT2D eigenvalue weighted by atomic mass is 16.2.